The van der Waals surface area contributed by atoms with Gasteiger partial charge in [0.15, 0.2) is 11.6 Å². The van der Waals surface area contributed by atoms with Gasteiger partial charge < -0.3 is 4.57 Å². The van der Waals surface area contributed by atoms with Crippen molar-refractivity contribution in [3.05, 3.63) is 176 Å². The monoisotopic (exact) mass is 711 g/mol. The molecular formula is C51H29N5. The highest BCUT2D eigenvalue weighted by Gasteiger charge is 2.28. The smallest absolute Gasteiger partial charge is 0.238 e. The van der Waals surface area contributed by atoms with E-state index in [2.05, 4.69) is 167 Å². The molecule has 0 aliphatic heterocycles. The molecule has 0 radical (unpaired) electrons. The van der Waals surface area contributed by atoms with Crippen LogP contribution in [0, 0.1) is 0 Å². The quantitative estimate of drug-likeness (QED) is 0.171. The number of fused-ring (bicyclic) bond motifs is 3. The molecule has 3 heterocycles. The van der Waals surface area contributed by atoms with Gasteiger partial charge in [0.05, 0.1) is 22.1 Å². The highest BCUT2D eigenvalue weighted by Crippen LogP contribution is 2.51. The van der Waals surface area contributed by atoms with E-state index in [1.165, 1.54) is 54.5 Å². The van der Waals surface area contributed by atoms with Crippen LogP contribution >= 0.6 is 0 Å². The molecule has 0 atom stereocenters. The molecule has 0 unspecified atom stereocenters. The molecule has 0 saturated heterocycles. The Morgan fingerprint density at radius 2 is 0.875 bits per heavy atom. The average Bonchev–Trinajstić information content (AvgIpc) is 3.75. The standard InChI is InChI=1S/C51H29N5/c1-3-13-31(14-4-1)49-52-50(44-35-19-9-7-15-32(35)29-33-16-8-10-20-36(33)44)54-51(53-49)56-40-24-12-22-38-37-21-11-23-39-45(37)47-41(55(39)34-17-5-2-6-18-34)27-25-30-26-28-42(56)48(43(30)47)46(38)40/h1-29H. The molecule has 5 heteroatoms. The third-order valence-electron chi connectivity index (χ3n) is 11.8. The molecule has 0 bridgehead atoms. The van der Waals surface area contributed by atoms with Gasteiger partial charge in [-0.25, -0.2) is 4.98 Å². The molecule has 258 valence electrons. The molecule has 0 N–H and O–H groups in total. The predicted octanol–water partition coefficient (Wildman–Crippen LogP) is 12.8. The molecule has 0 amide bonds. The summed E-state index contributed by atoms with van der Waals surface area (Å²) in [4.78, 5) is 16.1. The summed E-state index contributed by atoms with van der Waals surface area (Å²) >= 11 is 0. The first kappa shape index (κ1) is 29.8. The minimum atomic E-state index is 0.593. The SMILES string of the molecule is c1ccc(-c2nc(-c3c4ccccc4cc4ccccc34)nc(-n3c4cccc5c4c4c6c(ccc7c6c6c-5cccc6n7-c5ccccc5)ccc43)n2)cc1. The molecule has 9 aromatic carbocycles. The minimum absolute atomic E-state index is 0.593. The molecule has 12 aromatic rings. The minimum Gasteiger partial charge on any atom is -0.309 e. The van der Waals surface area contributed by atoms with Gasteiger partial charge in [-0.3, -0.25) is 4.57 Å². The fourth-order valence-corrected chi connectivity index (χ4v) is 9.58. The molecular weight excluding hydrogens is 683 g/mol. The van der Waals surface area contributed by atoms with Gasteiger partial charge in [-0.05, 0) is 80.5 Å². The highest BCUT2D eigenvalue weighted by molar-refractivity contribution is 6.38. The lowest BCUT2D eigenvalue weighted by Crippen LogP contribution is -2.07. The summed E-state index contributed by atoms with van der Waals surface area (Å²) in [6, 6.07) is 62.9. The summed E-state index contributed by atoms with van der Waals surface area (Å²) in [6.07, 6.45) is 0. The van der Waals surface area contributed by atoms with E-state index >= 15 is 0 Å². The van der Waals surface area contributed by atoms with Crippen LogP contribution in [0.25, 0.3) is 121 Å². The van der Waals surface area contributed by atoms with Crippen molar-refractivity contribution in [1.29, 1.82) is 0 Å². The van der Waals surface area contributed by atoms with Crippen molar-refractivity contribution in [3.8, 4) is 45.5 Å². The zero-order valence-electron chi connectivity index (χ0n) is 30.0. The molecule has 0 spiro atoms. The van der Waals surface area contributed by atoms with Crippen molar-refractivity contribution in [2.75, 3.05) is 0 Å². The van der Waals surface area contributed by atoms with Gasteiger partial charge in [0.25, 0.3) is 0 Å². The van der Waals surface area contributed by atoms with E-state index in [-0.39, 0.29) is 0 Å². The maximum atomic E-state index is 5.48. The zero-order valence-corrected chi connectivity index (χ0v) is 30.0. The topological polar surface area (TPSA) is 48.5 Å². The summed E-state index contributed by atoms with van der Waals surface area (Å²) < 4.78 is 4.70. The molecule has 1 aliphatic carbocycles. The molecule has 5 nitrogen and oxygen atoms in total. The Kier molecular flexibility index (Phi) is 5.83. The maximum absolute atomic E-state index is 5.48. The Balaban J connectivity index is 1.20. The van der Waals surface area contributed by atoms with Crippen molar-refractivity contribution >= 4 is 75.9 Å². The predicted molar refractivity (Wildman–Crippen MR) is 231 cm³/mol. The summed E-state index contributed by atoms with van der Waals surface area (Å²) in [5.74, 6) is 1.88. The van der Waals surface area contributed by atoms with Crippen LogP contribution < -0.4 is 0 Å². The van der Waals surface area contributed by atoms with E-state index < -0.39 is 0 Å². The molecule has 0 fully saturated rings. The van der Waals surface area contributed by atoms with Crippen LogP contribution in [0.4, 0.5) is 0 Å². The Morgan fingerprint density at radius 1 is 0.339 bits per heavy atom. The van der Waals surface area contributed by atoms with Crippen molar-refractivity contribution in [2.45, 2.75) is 0 Å². The first-order chi connectivity index (χ1) is 27.8. The van der Waals surface area contributed by atoms with E-state index in [4.69, 9.17) is 15.0 Å². The van der Waals surface area contributed by atoms with E-state index in [1.807, 2.05) is 18.2 Å². The number of rotatable bonds is 4. The van der Waals surface area contributed by atoms with Crippen LogP contribution in [0.1, 0.15) is 0 Å². The van der Waals surface area contributed by atoms with Gasteiger partial charge in [-0.15, -0.1) is 0 Å². The summed E-state index contributed by atoms with van der Waals surface area (Å²) in [5, 5.41) is 12.0. The highest BCUT2D eigenvalue weighted by atomic mass is 15.2. The Hall–Kier alpha value is -7.63. The van der Waals surface area contributed by atoms with Crippen molar-refractivity contribution in [2.24, 2.45) is 0 Å². The first-order valence-electron chi connectivity index (χ1n) is 19.0. The number of para-hydroxylation sites is 1. The van der Waals surface area contributed by atoms with Gasteiger partial charge in [0.2, 0.25) is 5.95 Å². The largest absolute Gasteiger partial charge is 0.309 e. The lowest BCUT2D eigenvalue weighted by molar-refractivity contribution is 0.955. The van der Waals surface area contributed by atoms with Gasteiger partial charge in [0.1, 0.15) is 0 Å². The molecule has 3 aromatic heterocycles. The summed E-state index contributed by atoms with van der Waals surface area (Å²) in [6.45, 7) is 0. The van der Waals surface area contributed by atoms with Gasteiger partial charge in [0, 0.05) is 43.7 Å². The average molecular weight is 712 g/mol. The third kappa shape index (κ3) is 3.90. The van der Waals surface area contributed by atoms with E-state index in [0.717, 1.165) is 49.4 Å². The maximum Gasteiger partial charge on any atom is 0.238 e. The van der Waals surface area contributed by atoms with Crippen LogP contribution in [0.15, 0.2) is 176 Å². The molecule has 56 heavy (non-hydrogen) atoms. The van der Waals surface area contributed by atoms with Crippen molar-refractivity contribution < 1.29 is 0 Å². The second-order valence-corrected chi connectivity index (χ2v) is 14.8. The van der Waals surface area contributed by atoms with E-state index in [0.29, 0.717) is 17.6 Å². The second-order valence-electron chi connectivity index (χ2n) is 14.8. The molecule has 13 rings (SSSR count). The lowest BCUT2D eigenvalue weighted by Gasteiger charge is -2.14. The van der Waals surface area contributed by atoms with Crippen LogP contribution in [-0.2, 0) is 0 Å². The fraction of sp³-hybridized carbons (Fsp3) is 0. The fourth-order valence-electron chi connectivity index (χ4n) is 9.58. The van der Waals surface area contributed by atoms with Crippen LogP contribution in [0.3, 0.4) is 0 Å². The molecule has 1 aliphatic rings. The number of hydrogen-bond donors (Lipinski definition) is 0. The third-order valence-corrected chi connectivity index (χ3v) is 11.8. The summed E-state index contributed by atoms with van der Waals surface area (Å²) in [5.41, 5.74) is 10.1. The lowest BCUT2D eigenvalue weighted by atomic mass is 9.96. The normalized spacial score (nSPS) is 12.3. The van der Waals surface area contributed by atoms with Gasteiger partial charge >= 0.3 is 0 Å². The summed E-state index contributed by atoms with van der Waals surface area (Å²) in [7, 11) is 0. The van der Waals surface area contributed by atoms with Crippen molar-refractivity contribution in [1.82, 2.24) is 24.1 Å². The van der Waals surface area contributed by atoms with E-state index in [9.17, 15) is 0 Å². The Morgan fingerprint density at radius 3 is 1.54 bits per heavy atom. The van der Waals surface area contributed by atoms with Gasteiger partial charge in [-0.2, -0.15) is 9.97 Å². The number of aromatic nitrogens is 5. The number of hydrogen-bond acceptors (Lipinski definition) is 3. The van der Waals surface area contributed by atoms with E-state index in [1.54, 1.807) is 0 Å². The second kappa shape index (κ2) is 11.0. The first-order valence-corrected chi connectivity index (χ1v) is 19.0. The van der Waals surface area contributed by atoms with Crippen LogP contribution in [0.5, 0.6) is 0 Å². The Bertz CT molecular complexity index is 3580. The zero-order chi connectivity index (χ0) is 36.5. The van der Waals surface area contributed by atoms with Crippen molar-refractivity contribution in [3.63, 3.8) is 0 Å². The van der Waals surface area contributed by atoms with Crippen LogP contribution in [-0.4, -0.2) is 24.1 Å². The van der Waals surface area contributed by atoms with Crippen LogP contribution in [0.2, 0.25) is 0 Å². The van der Waals surface area contributed by atoms with Gasteiger partial charge in [-0.1, -0.05) is 133 Å². The molecule has 0 saturated carbocycles. The Labute approximate surface area is 320 Å². The number of nitrogens with zero attached hydrogens (tertiary/aromatic N) is 5. The number of benzene rings is 9.